The minimum Gasteiger partial charge on any atom is -0.465 e. The quantitative estimate of drug-likeness (QED) is 0.613. The van der Waals surface area contributed by atoms with Gasteiger partial charge in [-0.05, 0) is 24.0 Å². The van der Waals surface area contributed by atoms with Crippen LogP contribution in [-0.2, 0) is 31.9 Å². The highest BCUT2D eigenvalue weighted by Gasteiger charge is 2.43. The van der Waals surface area contributed by atoms with Gasteiger partial charge < -0.3 is 25.2 Å². The monoisotopic (exact) mass is 377 g/mol. The number of benzene rings is 1. The lowest BCUT2D eigenvalue weighted by atomic mass is 10.0. The third kappa shape index (κ3) is 3.74. The lowest BCUT2D eigenvalue weighted by molar-refractivity contribution is -0.130. The Morgan fingerprint density at radius 2 is 2.00 bits per heavy atom. The van der Waals surface area contributed by atoms with E-state index in [1.807, 2.05) is 18.2 Å². The van der Waals surface area contributed by atoms with Gasteiger partial charge in [0.15, 0.2) is 6.29 Å². The molecule has 0 aromatic heterocycles. The van der Waals surface area contributed by atoms with Gasteiger partial charge in [0.05, 0.1) is 12.2 Å². The lowest BCUT2D eigenvalue weighted by Crippen LogP contribution is -2.55. The van der Waals surface area contributed by atoms with Crippen LogP contribution in [0.25, 0.3) is 0 Å². The number of para-hydroxylation sites is 1. The summed E-state index contributed by atoms with van der Waals surface area (Å²) < 4.78 is 10.1. The minimum absolute atomic E-state index is 0.143. The molecule has 1 aromatic carbocycles. The van der Waals surface area contributed by atoms with Crippen LogP contribution in [0.4, 0.5) is 10.5 Å². The molecule has 0 bridgehead atoms. The summed E-state index contributed by atoms with van der Waals surface area (Å²) in [7, 11) is 2.94. The number of hydrogen-bond acceptors (Lipinski definition) is 5. The first-order valence-electron chi connectivity index (χ1n) is 8.72. The smallest absolute Gasteiger partial charge is 0.405 e. The summed E-state index contributed by atoms with van der Waals surface area (Å²) in [5.41, 5.74) is 2.58. The molecule has 0 fully saturated rings. The van der Waals surface area contributed by atoms with Crippen LogP contribution in [0.3, 0.4) is 0 Å². The number of ether oxygens (including phenoxy) is 2. The zero-order valence-electron chi connectivity index (χ0n) is 15.2. The molecule has 146 valence electrons. The third-order valence-electron chi connectivity index (χ3n) is 4.98. The average molecular weight is 377 g/mol. The molecule has 9 heteroatoms. The van der Waals surface area contributed by atoms with Gasteiger partial charge in [0.2, 0.25) is 11.8 Å². The van der Waals surface area contributed by atoms with Crippen molar-refractivity contribution in [2.75, 3.05) is 25.7 Å². The van der Waals surface area contributed by atoms with E-state index in [4.69, 9.17) is 14.6 Å². The summed E-state index contributed by atoms with van der Waals surface area (Å²) in [6.45, 7) is 0.143. The van der Waals surface area contributed by atoms with Crippen LogP contribution in [0.15, 0.2) is 18.2 Å². The van der Waals surface area contributed by atoms with Crippen molar-refractivity contribution in [1.29, 1.82) is 0 Å². The fourth-order valence-electron chi connectivity index (χ4n) is 3.69. The van der Waals surface area contributed by atoms with Gasteiger partial charge >= 0.3 is 6.09 Å². The molecule has 3 rings (SSSR count). The van der Waals surface area contributed by atoms with E-state index in [9.17, 15) is 14.4 Å². The Labute approximate surface area is 156 Å². The molecule has 2 aliphatic rings. The largest absolute Gasteiger partial charge is 0.465 e. The molecule has 0 saturated heterocycles. The Bertz CT molecular complexity index is 749. The molecule has 0 spiro atoms. The molecule has 0 aliphatic carbocycles. The number of hydrogen-bond donors (Lipinski definition) is 3. The maximum Gasteiger partial charge on any atom is 0.405 e. The van der Waals surface area contributed by atoms with E-state index >= 15 is 0 Å². The Morgan fingerprint density at radius 1 is 1.30 bits per heavy atom. The van der Waals surface area contributed by atoms with E-state index in [1.54, 1.807) is 0 Å². The lowest BCUT2D eigenvalue weighted by Gasteiger charge is -2.27. The molecule has 2 atom stereocenters. The first-order chi connectivity index (χ1) is 13.0. The van der Waals surface area contributed by atoms with E-state index in [1.165, 1.54) is 19.1 Å². The summed E-state index contributed by atoms with van der Waals surface area (Å²) in [6.07, 6.45) is -0.565. The molecule has 3 N–H and O–H groups in total. The van der Waals surface area contributed by atoms with E-state index in [0.717, 1.165) is 16.8 Å². The molecule has 9 nitrogen and oxygen atoms in total. The Kier molecular flexibility index (Phi) is 5.62. The number of rotatable bonds is 6. The van der Waals surface area contributed by atoms with Crippen LogP contribution in [-0.4, -0.2) is 62.2 Å². The summed E-state index contributed by atoms with van der Waals surface area (Å²) in [5.74, 6) is -0.739. The highest BCUT2D eigenvalue weighted by atomic mass is 16.7. The first kappa shape index (κ1) is 19.1. The standard InChI is InChI=1S/C18H23N3O6/c1-26-14(27-2)9-19-16(22)13-8-11-5-3-4-10-6-7-12(20-18(24)25)17(23)21(13)15(10)11/h3-5,12-14,20H,6-9H2,1-2H3,(H,19,22)(H,24,25)/t12-,13-/m0/s1. The van der Waals surface area contributed by atoms with Crippen molar-refractivity contribution < 1.29 is 29.0 Å². The molecule has 27 heavy (non-hydrogen) atoms. The summed E-state index contributed by atoms with van der Waals surface area (Å²) in [5, 5.41) is 14.1. The number of amides is 3. The van der Waals surface area contributed by atoms with E-state index < -0.39 is 30.4 Å². The van der Waals surface area contributed by atoms with Gasteiger partial charge in [-0.15, -0.1) is 0 Å². The van der Waals surface area contributed by atoms with E-state index in [0.29, 0.717) is 19.3 Å². The molecular weight excluding hydrogens is 354 g/mol. The van der Waals surface area contributed by atoms with Crippen molar-refractivity contribution in [3.05, 3.63) is 29.3 Å². The Morgan fingerprint density at radius 3 is 2.67 bits per heavy atom. The third-order valence-corrected chi connectivity index (χ3v) is 4.98. The number of carbonyl (C=O) groups excluding carboxylic acids is 2. The zero-order valence-corrected chi connectivity index (χ0v) is 15.2. The number of methoxy groups -OCH3 is 2. The highest BCUT2D eigenvalue weighted by molar-refractivity contribution is 6.07. The van der Waals surface area contributed by atoms with Crippen LogP contribution in [0.1, 0.15) is 17.5 Å². The van der Waals surface area contributed by atoms with Crippen LogP contribution in [0.5, 0.6) is 0 Å². The predicted molar refractivity (Wildman–Crippen MR) is 95.5 cm³/mol. The molecule has 2 aliphatic heterocycles. The van der Waals surface area contributed by atoms with Gasteiger partial charge in [-0.3, -0.25) is 14.5 Å². The normalized spacial score (nSPS) is 21.0. The molecule has 0 radical (unpaired) electrons. The number of carbonyl (C=O) groups is 3. The van der Waals surface area contributed by atoms with Crippen LogP contribution >= 0.6 is 0 Å². The van der Waals surface area contributed by atoms with Crippen LogP contribution < -0.4 is 15.5 Å². The van der Waals surface area contributed by atoms with Crippen molar-refractivity contribution in [3.63, 3.8) is 0 Å². The van der Waals surface area contributed by atoms with E-state index in [-0.39, 0.29) is 12.5 Å². The second kappa shape index (κ2) is 7.93. The molecule has 0 unspecified atom stereocenters. The second-order valence-electron chi connectivity index (χ2n) is 6.54. The number of nitrogens with one attached hydrogen (secondary N) is 2. The van der Waals surface area contributed by atoms with Crippen molar-refractivity contribution in [1.82, 2.24) is 10.6 Å². The molecule has 0 saturated carbocycles. The maximum absolute atomic E-state index is 13.0. The summed E-state index contributed by atoms with van der Waals surface area (Å²) >= 11 is 0. The molecule has 2 heterocycles. The van der Waals surface area contributed by atoms with Crippen molar-refractivity contribution in [2.24, 2.45) is 0 Å². The minimum atomic E-state index is -1.26. The number of anilines is 1. The second-order valence-corrected chi connectivity index (χ2v) is 6.54. The van der Waals surface area contributed by atoms with Gasteiger partial charge in [-0.1, -0.05) is 18.2 Å². The molecule has 1 aromatic rings. The Balaban J connectivity index is 1.87. The number of aryl methyl sites for hydroxylation is 1. The van der Waals surface area contributed by atoms with Crippen molar-refractivity contribution in [2.45, 2.75) is 37.6 Å². The van der Waals surface area contributed by atoms with Gasteiger partial charge in [0.25, 0.3) is 0 Å². The maximum atomic E-state index is 13.0. The van der Waals surface area contributed by atoms with Crippen molar-refractivity contribution >= 4 is 23.6 Å². The topological polar surface area (TPSA) is 117 Å². The highest BCUT2D eigenvalue weighted by Crippen LogP contribution is 2.39. The van der Waals surface area contributed by atoms with Gasteiger partial charge in [0.1, 0.15) is 12.1 Å². The Hall–Kier alpha value is -2.65. The summed E-state index contributed by atoms with van der Waals surface area (Å²) in [4.78, 5) is 38.4. The van der Waals surface area contributed by atoms with Gasteiger partial charge in [-0.25, -0.2) is 4.79 Å². The SMILES string of the molecule is COC(CNC(=O)[C@@H]1Cc2cccc3c2N1C(=O)[C@@H](NC(=O)O)CC3)OC. The average Bonchev–Trinajstić information content (AvgIpc) is 2.98. The van der Waals surface area contributed by atoms with E-state index in [2.05, 4.69) is 10.6 Å². The van der Waals surface area contributed by atoms with Gasteiger partial charge in [0, 0.05) is 20.6 Å². The van der Waals surface area contributed by atoms with Gasteiger partial charge in [-0.2, -0.15) is 0 Å². The first-order valence-corrected chi connectivity index (χ1v) is 8.72. The summed E-state index contributed by atoms with van der Waals surface area (Å²) in [6, 6.07) is 4.08. The number of carboxylic acid groups (broad SMARTS) is 1. The number of nitrogens with zero attached hydrogens (tertiary/aromatic N) is 1. The zero-order chi connectivity index (χ0) is 19.6. The van der Waals surface area contributed by atoms with Crippen molar-refractivity contribution in [3.8, 4) is 0 Å². The molecular formula is C18H23N3O6. The van der Waals surface area contributed by atoms with Crippen LogP contribution in [0.2, 0.25) is 0 Å². The molecule has 3 amide bonds. The fourth-order valence-corrected chi connectivity index (χ4v) is 3.69. The predicted octanol–water partition coefficient (Wildman–Crippen LogP) is 0.262. The van der Waals surface area contributed by atoms with Crippen LogP contribution in [0, 0.1) is 0 Å². The fraction of sp³-hybridized carbons (Fsp3) is 0.500.